The Morgan fingerprint density at radius 3 is 3.00 bits per heavy atom. The summed E-state index contributed by atoms with van der Waals surface area (Å²) in [6.45, 7) is 6.05. The maximum absolute atomic E-state index is 12.0. The Bertz CT molecular complexity index is 754. The topological polar surface area (TPSA) is 69.0 Å². The van der Waals surface area contributed by atoms with Crippen LogP contribution in [-0.4, -0.2) is 33.8 Å². The number of nitrogens with one attached hydrogen (secondary N) is 1. The number of nitrogens with zero attached hydrogens (tertiary/aromatic N) is 3. The lowest BCUT2D eigenvalue weighted by molar-refractivity contribution is -0.121. The second-order valence-electron chi connectivity index (χ2n) is 6.89. The van der Waals surface area contributed by atoms with Gasteiger partial charge in [-0.2, -0.15) is 0 Å². The van der Waals surface area contributed by atoms with Gasteiger partial charge in [0.25, 0.3) is 0 Å². The third kappa shape index (κ3) is 4.62. The van der Waals surface area contributed by atoms with Crippen molar-refractivity contribution in [1.29, 1.82) is 0 Å². The van der Waals surface area contributed by atoms with Gasteiger partial charge in [0.05, 0.1) is 13.0 Å². The zero-order valence-electron chi connectivity index (χ0n) is 15.8. The molecule has 2 aromatic rings. The third-order valence-corrected chi connectivity index (χ3v) is 5.00. The van der Waals surface area contributed by atoms with Crippen molar-refractivity contribution in [2.75, 3.05) is 13.2 Å². The highest BCUT2D eigenvalue weighted by molar-refractivity contribution is 5.75. The fourth-order valence-corrected chi connectivity index (χ4v) is 3.27. The largest absolute Gasteiger partial charge is 0.493 e. The molecule has 0 fully saturated rings. The van der Waals surface area contributed by atoms with Crippen molar-refractivity contribution in [2.24, 2.45) is 0 Å². The number of carbonyl (C=O) groups is 1. The van der Waals surface area contributed by atoms with E-state index in [1.54, 1.807) is 0 Å². The van der Waals surface area contributed by atoms with Crippen molar-refractivity contribution >= 4 is 5.91 Å². The zero-order chi connectivity index (χ0) is 18.4. The van der Waals surface area contributed by atoms with Crippen LogP contribution in [0.5, 0.6) is 5.75 Å². The van der Waals surface area contributed by atoms with E-state index in [2.05, 4.69) is 33.1 Å². The summed E-state index contributed by atoms with van der Waals surface area (Å²) in [5, 5.41) is 11.5. The molecule has 26 heavy (non-hydrogen) atoms. The lowest BCUT2D eigenvalue weighted by Gasteiger charge is -2.11. The maximum Gasteiger partial charge on any atom is 0.223 e. The third-order valence-electron chi connectivity index (χ3n) is 5.00. The number of hydrogen-bond donors (Lipinski definition) is 1. The lowest BCUT2D eigenvalue weighted by atomic mass is 10.1. The Morgan fingerprint density at radius 1 is 1.23 bits per heavy atom. The van der Waals surface area contributed by atoms with Gasteiger partial charge >= 0.3 is 0 Å². The molecule has 0 radical (unpaired) electrons. The molecule has 1 aromatic carbocycles. The molecule has 1 amide bonds. The second-order valence-corrected chi connectivity index (χ2v) is 6.89. The van der Waals surface area contributed by atoms with Crippen LogP contribution in [0, 0.1) is 13.8 Å². The molecule has 0 saturated heterocycles. The average Bonchev–Trinajstić information content (AvgIpc) is 2.86. The fourth-order valence-electron chi connectivity index (χ4n) is 3.27. The van der Waals surface area contributed by atoms with Crippen molar-refractivity contribution in [3.05, 3.63) is 41.0 Å². The Hall–Kier alpha value is -2.37. The number of carbonyl (C=O) groups excluding carboxylic acids is 1. The lowest BCUT2D eigenvalue weighted by Crippen LogP contribution is -2.27. The zero-order valence-corrected chi connectivity index (χ0v) is 15.8. The van der Waals surface area contributed by atoms with Crippen molar-refractivity contribution in [3.8, 4) is 5.75 Å². The Morgan fingerprint density at radius 2 is 2.12 bits per heavy atom. The van der Waals surface area contributed by atoms with Gasteiger partial charge in [-0.1, -0.05) is 18.6 Å². The van der Waals surface area contributed by atoms with Crippen LogP contribution >= 0.6 is 0 Å². The summed E-state index contributed by atoms with van der Waals surface area (Å²) in [5.41, 5.74) is 2.32. The van der Waals surface area contributed by atoms with Crippen LogP contribution in [0.15, 0.2) is 18.2 Å². The van der Waals surface area contributed by atoms with Crippen LogP contribution in [-0.2, 0) is 24.2 Å². The normalized spacial score (nSPS) is 13.8. The van der Waals surface area contributed by atoms with Gasteiger partial charge in [0.2, 0.25) is 5.91 Å². The highest BCUT2D eigenvalue weighted by Crippen LogP contribution is 2.20. The smallest absolute Gasteiger partial charge is 0.223 e. The molecule has 0 atom stereocenters. The molecule has 1 N–H and O–H groups in total. The first kappa shape index (κ1) is 18.4. The van der Waals surface area contributed by atoms with E-state index in [-0.39, 0.29) is 5.91 Å². The summed E-state index contributed by atoms with van der Waals surface area (Å²) in [5.74, 6) is 2.93. The van der Waals surface area contributed by atoms with Gasteiger partial charge in [0.15, 0.2) is 0 Å². The van der Waals surface area contributed by atoms with Gasteiger partial charge in [0, 0.05) is 25.9 Å². The molecular weight excluding hydrogens is 328 g/mol. The number of fused-ring (bicyclic) bond motifs is 1. The van der Waals surface area contributed by atoms with E-state index in [1.165, 1.54) is 24.8 Å². The highest BCUT2D eigenvalue weighted by atomic mass is 16.5. The van der Waals surface area contributed by atoms with Crippen molar-refractivity contribution in [3.63, 3.8) is 0 Å². The molecule has 0 saturated carbocycles. The molecule has 3 rings (SSSR count). The summed E-state index contributed by atoms with van der Waals surface area (Å²) >= 11 is 0. The van der Waals surface area contributed by atoms with E-state index in [1.807, 2.05) is 19.1 Å². The summed E-state index contributed by atoms with van der Waals surface area (Å²) < 4.78 is 7.97. The van der Waals surface area contributed by atoms with E-state index in [4.69, 9.17) is 4.74 Å². The monoisotopic (exact) mass is 356 g/mol. The molecular formula is C20H28N4O2. The minimum absolute atomic E-state index is 0.00547. The van der Waals surface area contributed by atoms with Gasteiger partial charge in [-0.15, -0.1) is 10.2 Å². The van der Waals surface area contributed by atoms with Gasteiger partial charge in [-0.05, 0) is 43.9 Å². The second kappa shape index (κ2) is 8.83. The first-order valence-corrected chi connectivity index (χ1v) is 9.52. The predicted molar refractivity (Wildman–Crippen MR) is 100 cm³/mol. The summed E-state index contributed by atoms with van der Waals surface area (Å²) in [6, 6.07) is 5.97. The first-order valence-electron chi connectivity index (χ1n) is 9.52. The molecule has 0 aliphatic carbocycles. The summed E-state index contributed by atoms with van der Waals surface area (Å²) in [6.07, 6.45) is 5.70. The maximum atomic E-state index is 12.0. The molecule has 0 spiro atoms. The van der Waals surface area contributed by atoms with Gasteiger partial charge < -0.3 is 14.6 Å². The van der Waals surface area contributed by atoms with Crippen molar-refractivity contribution in [2.45, 2.75) is 58.9 Å². The fraction of sp³-hybridized carbons (Fsp3) is 0.550. The minimum atomic E-state index is 0.00547. The van der Waals surface area contributed by atoms with Crippen LogP contribution < -0.4 is 10.1 Å². The molecule has 0 bridgehead atoms. The molecule has 6 nitrogen and oxygen atoms in total. The molecule has 1 aliphatic rings. The molecule has 1 aliphatic heterocycles. The number of amides is 1. The van der Waals surface area contributed by atoms with E-state index in [9.17, 15) is 4.79 Å². The first-order chi connectivity index (χ1) is 12.6. The van der Waals surface area contributed by atoms with E-state index < -0.39 is 0 Å². The SMILES string of the molecule is Cc1cccc(OCCC(=O)NCCc2nnc3n2CCCCC3)c1C. The number of benzene rings is 1. The number of rotatable bonds is 7. The summed E-state index contributed by atoms with van der Waals surface area (Å²) in [7, 11) is 0. The Kier molecular flexibility index (Phi) is 6.26. The standard InChI is InChI=1S/C20H28N4O2/c1-15-7-6-8-17(16(15)2)26-14-11-20(25)21-12-10-19-23-22-18-9-4-3-5-13-24(18)19/h6-8H,3-5,9-14H2,1-2H3,(H,21,25). The van der Waals surface area contributed by atoms with Crippen LogP contribution in [0.4, 0.5) is 0 Å². The van der Waals surface area contributed by atoms with E-state index in [0.717, 1.165) is 42.3 Å². The van der Waals surface area contributed by atoms with Crippen molar-refractivity contribution < 1.29 is 9.53 Å². The Balaban J connectivity index is 1.39. The average molecular weight is 356 g/mol. The van der Waals surface area contributed by atoms with Gasteiger partial charge in [-0.3, -0.25) is 4.79 Å². The summed E-state index contributed by atoms with van der Waals surface area (Å²) in [4.78, 5) is 12.0. The number of hydrogen-bond acceptors (Lipinski definition) is 4. The number of ether oxygens (including phenoxy) is 1. The highest BCUT2D eigenvalue weighted by Gasteiger charge is 2.14. The molecule has 0 unspecified atom stereocenters. The number of aryl methyl sites for hydroxylation is 2. The molecule has 6 heteroatoms. The minimum Gasteiger partial charge on any atom is -0.493 e. The van der Waals surface area contributed by atoms with E-state index in [0.29, 0.717) is 19.6 Å². The number of aromatic nitrogens is 3. The van der Waals surface area contributed by atoms with Crippen molar-refractivity contribution in [1.82, 2.24) is 20.1 Å². The molecule has 2 heterocycles. The van der Waals surface area contributed by atoms with Gasteiger partial charge in [0.1, 0.15) is 17.4 Å². The van der Waals surface area contributed by atoms with Crippen LogP contribution in [0.2, 0.25) is 0 Å². The molecule has 140 valence electrons. The quantitative estimate of drug-likeness (QED) is 0.828. The van der Waals surface area contributed by atoms with Crippen LogP contribution in [0.1, 0.15) is 48.5 Å². The van der Waals surface area contributed by atoms with Crippen LogP contribution in [0.25, 0.3) is 0 Å². The predicted octanol–water partition coefficient (Wildman–Crippen LogP) is 2.75. The van der Waals surface area contributed by atoms with Gasteiger partial charge in [-0.25, -0.2) is 0 Å². The van der Waals surface area contributed by atoms with Crippen LogP contribution in [0.3, 0.4) is 0 Å². The molecule has 1 aromatic heterocycles. The Labute approximate surface area is 155 Å². The van der Waals surface area contributed by atoms with E-state index >= 15 is 0 Å².